The number of nitriles is 1. The van der Waals surface area contributed by atoms with Crippen LogP contribution in [0.3, 0.4) is 0 Å². The number of halogens is 1. The summed E-state index contributed by atoms with van der Waals surface area (Å²) in [5.74, 6) is -0.527. The summed E-state index contributed by atoms with van der Waals surface area (Å²) in [6.45, 7) is 0.197. The number of hydrogen-bond donors (Lipinski definition) is 2. The summed E-state index contributed by atoms with van der Waals surface area (Å²) in [5, 5.41) is 16.6. The second-order valence-corrected chi connectivity index (χ2v) is 7.33. The molecule has 2 aromatic carbocycles. The summed E-state index contributed by atoms with van der Waals surface area (Å²) in [6, 6.07) is 14.8. The number of aromatic nitrogens is 4. The molecule has 2 aromatic heterocycles. The SMILES string of the molecule is N#Cc1c(CCCNC(=O)Cn2c(=O)cnc3ccccc32)nn(-c2ccc(F)cc2)c1N. The summed E-state index contributed by atoms with van der Waals surface area (Å²) in [5.41, 5.74) is 8.20. The lowest BCUT2D eigenvalue weighted by Gasteiger charge is -2.09. The Kier molecular flexibility index (Phi) is 6.13. The lowest BCUT2D eigenvalue weighted by molar-refractivity contribution is -0.121. The van der Waals surface area contributed by atoms with Crippen molar-refractivity contribution in [3.8, 4) is 11.8 Å². The van der Waals surface area contributed by atoms with E-state index in [4.69, 9.17) is 5.73 Å². The van der Waals surface area contributed by atoms with Crippen molar-refractivity contribution in [1.29, 1.82) is 5.26 Å². The highest BCUT2D eigenvalue weighted by atomic mass is 19.1. The largest absolute Gasteiger partial charge is 0.382 e. The molecule has 1 amide bonds. The van der Waals surface area contributed by atoms with Crippen LogP contribution in [0.4, 0.5) is 10.2 Å². The Hall–Kier alpha value is -4.52. The lowest BCUT2D eigenvalue weighted by atomic mass is 10.1. The maximum Gasteiger partial charge on any atom is 0.269 e. The number of aryl methyl sites for hydroxylation is 1. The van der Waals surface area contributed by atoms with Crippen LogP contribution >= 0.6 is 0 Å². The summed E-state index contributed by atoms with van der Waals surface area (Å²) in [6.07, 6.45) is 2.10. The summed E-state index contributed by atoms with van der Waals surface area (Å²) >= 11 is 0. The first-order valence-corrected chi connectivity index (χ1v) is 10.2. The van der Waals surface area contributed by atoms with Gasteiger partial charge in [0, 0.05) is 6.54 Å². The van der Waals surface area contributed by atoms with Gasteiger partial charge in [0.15, 0.2) is 0 Å². The third-order valence-corrected chi connectivity index (χ3v) is 5.14. The number of carbonyl (C=O) groups excluding carboxylic acids is 1. The quantitative estimate of drug-likeness (QED) is 0.418. The minimum absolute atomic E-state index is 0.128. The minimum atomic E-state index is -0.386. The van der Waals surface area contributed by atoms with Crippen molar-refractivity contribution >= 4 is 22.8 Å². The van der Waals surface area contributed by atoms with Crippen LogP contribution in [-0.4, -0.2) is 31.8 Å². The molecular formula is C23H20FN7O2. The van der Waals surface area contributed by atoms with Gasteiger partial charge >= 0.3 is 0 Å². The van der Waals surface area contributed by atoms with E-state index in [9.17, 15) is 19.2 Å². The molecule has 0 bridgehead atoms. The van der Waals surface area contributed by atoms with Gasteiger partial charge in [-0.2, -0.15) is 10.4 Å². The Bertz CT molecular complexity index is 1420. The van der Waals surface area contributed by atoms with Crippen LogP contribution in [0, 0.1) is 17.1 Å². The van der Waals surface area contributed by atoms with Crippen LogP contribution in [0.2, 0.25) is 0 Å². The highest BCUT2D eigenvalue weighted by Gasteiger charge is 2.16. The lowest BCUT2D eigenvalue weighted by Crippen LogP contribution is -2.33. The van der Waals surface area contributed by atoms with Gasteiger partial charge in [0.05, 0.1) is 28.6 Å². The van der Waals surface area contributed by atoms with E-state index in [1.54, 1.807) is 18.2 Å². The number of hydrogen-bond acceptors (Lipinski definition) is 6. The van der Waals surface area contributed by atoms with E-state index in [2.05, 4.69) is 21.5 Å². The molecule has 0 unspecified atom stereocenters. The number of nitrogen functional groups attached to an aromatic ring is 1. The minimum Gasteiger partial charge on any atom is -0.382 e. The van der Waals surface area contributed by atoms with Crippen LogP contribution in [0.5, 0.6) is 0 Å². The Labute approximate surface area is 187 Å². The molecule has 0 radical (unpaired) electrons. The van der Waals surface area contributed by atoms with E-state index in [0.717, 1.165) is 0 Å². The van der Waals surface area contributed by atoms with Crippen molar-refractivity contribution in [2.45, 2.75) is 19.4 Å². The van der Waals surface area contributed by atoms with Gasteiger partial charge in [-0.3, -0.25) is 14.2 Å². The highest BCUT2D eigenvalue weighted by molar-refractivity contribution is 5.79. The van der Waals surface area contributed by atoms with E-state index in [-0.39, 0.29) is 35.2 Å². The fourth-order valence-corrected chi connectivity index (χ4v) is 3.52. The third kappa shape index (κ3) is 4.57. The Morgan fingerprint density at radius 3 is 2.70 bits per heavy atom. The van der Waals surface area contributed by atoms with Gasteiger partial charge in [0.25, 0.3) is 5.56 Å². The number of amides is 1. The van der Waals surface area contributed by atoms with E-state index in [0.29, 0.717) is 41.8 Å². The molecule has 0 saturated heterocycles. The zero-order chi connectivity index (χ0) is 23.4. The van der Waals surface area contributed by atoms with Gasteiger partial charge < -0.3 is 11.1 Å². The average Bonchev–Trinajstić information content (AvgIpc) is 3.14. The summed E-state index contributed by atoms with van der Waals surface area (Å²) < 4.78 is 16.0. The van der Waals surface area contributed by atoms with Gasteiger partial charge in [0.2, 0.25) is 5.91 Å². The number of nitrogens with two attached hydrogens (primary N) is 1. The normalized spacial score (nSPS) is 10.8. The van der Waals surface area contributed by atoms with Crippen molar-refractivity contribution in [3.05, 3.63) is 82.2 Å². The first-order valence-electron chi connectivity index (χ1n) is 10.2. The number of rotatable bonds is 7. The average molecular weight is 445 g/mol. The van der Waals surface area contributed by atoms with Crippen molar-refractivity contribution in [2.75, 3.05) is 12.3 Å². The van der Waals surface area contributed by atoms with Crippen molar-refractivity contribution in [3.63, 3.8) is 0 Å². The van der Waals surface area contributed by atoms with E-state index in [1.165, 1.54) is 39.7 Å². The zero-order valence-corrected chi connectivity index (χ0v) is 17.5. The molecule has 0 aliphatic heterocycles. The first-order chi connectivity index (χ1) is 16.0. The third-order valence-electron chi connectivity index (χ3n) is 5.14. The van der Waals surface area contributed by atoms with Crippen molar-refractivity contribution in [1.82, 2.24) is 24.6 Å². The van der Waals surface area contributed by atoms with E-state index < -0.39 is 0 Å². The number of para-hydroxylation sites is 2. The highest BCUT2D eigenvalue weighted by Crippen LogP contribution is 2.21. The Morgan fingerprint density at radius 2 is 1.94 bits per heavy atom. The van der Waals surface area contributed by atoms with E-state index >= 15 is 0 Å². The number of carbonyl (C=O) groups is 1. The zero-order valence-electron chi connectivity index (χ0n) is 17.5. The molecule has 0 aliphatic rings. The molecule has 3 N–H and O–H groups in total. The number of nitrogens with zero attached hydrogens (tertiary/aromatic N) is 5. The fourth-order valence-electron chi connectivity index (χ4n) is 3.52. The van der Waals surface area contributed by atoms with Crippen LogP contribution in [-0.2, 0) is 17.8 Å². The topological polar surface area (TPSA) is 132 Å². The van der Waals surface area contributed by atoms with Gasteiger partial charge in [-0.1, -0.05) is 12.1 Å². The molecular weight excluding hydrogens is 425 g/mol. The first kappa shape index (κ1) is 21.7. The molecule has 0 spiro atoms. The van der Waals surface area contributed by atoms with Crippen molar-refractivity contribution < 1.29 is 9.18 Å². The van der Waals surface area contributed by atoms with Crippen LogP contribution in [0.25, 0.3) is 16.7 Å². The predicted octanol–water partition coefficient (Wildman–Crippen LogP) is 1.92. The van der Waals surface area contributed by atoms with Crippen LogP contribution < -0.4 is 16.6 Å². The number of fused-ring (bicyclic) bond motifs is 1. The van der Waals surface area contributed by atoms with Gasteiger partial charge in [0.1, 0.15) is 29.8 Å². The standard InChI is InChI=1S/C23H20FN7O2/c24-15-7-9-16(10-8-15)31-23(26)17(12-25)18(29-31)5-3-11-27-21(32)14-30-20-6-2-1-4-19(20)28-13-22(30)33/h1-2,4,6-10,13H,3,5,11,14,26H2,(H,27,32). The molecule has 0 aliphatic carbocycles. The molecule has 4 rings (SSSR count). The molecule has 2 heterocycles. The van der Waals surface area contributed by atoms with Gasteiger partial charge in [-0.25, -0.2) is 14.1 Å². The maximum absolute atomic E-state index is 13.2. The number of anilines is 1. The molecule has 4 aromatic rings. The van der Waals surface area contributed by atoms with Crippen LogP contribution in [0.1, 0.15) is 17.7 Å². The monoisotopic (exact) mass is 445 g/mol. The molecule has 33 heavy (non-hydrogen) atoms. The Morgan fingerprint density at radius 1 is 1.18 bits per heavy atom. The maximum atomic E-state index is 13.2. The summed E-state index contributed by atoms with van der Waals surface area (Å²) in [7, 11) is 0. The summed E-state index contributed by atoms with van der Waals surface area (Å²) in [4.78, 5) is 28.7. The van der Waals surface area contributed by atoms with Crippen LogP contribution in [0.15, 0.2) is 59.5 Å². The smallest absolute Gasteiger partial charge is 0.269 e. The predicted molar refractivity (Wildman–Crippen MR) is 120 cm³/mol. The molecule has 0 atom stereocenters. The molecule has 166 valence electrons. The molecule has 0 saturated carbocycles. The molecule has 10 heteroatoms. The fraction of sp³-hybridized carbons (Fsp3) is 0.174. The number of benzene rings is 2. The Balaban J connectivity index is 1.39. The molecule has 0 fully saturated rings. The van der Waals surface area contributed by atoms with E-state index in [1.807, 2.05) is 6.07 Å². The molecule has 9 nitrogen and oxygen atoms in total. The second kappa shape index (κ2) is 9.32. The van der Waals surface area contributed by atoms with Gasteiger partial charge in [-0.05, 0) is 49.2 Å². The second-order valence-electron chi connectivity index (χ2n) is 7.33. The number of nitrogens with one attached hydrogen (secondary N) is 1. The van der Waals surface area contributed by atoms with Crippen molar-refractivity contribution in [2.24, 2.45) is 0 Å². The van der Waals surface area contributed by atoms with Gasteiger partial charge in [-0.15, -0.1) is 0 Å².